The topological polar surface area (TPSA) is 18.5 Å². The number of benzene rings is 2. The van der Waals surface area contributed by atoms with Crippen LogP contribution in [0.15, 0.2) is 48.5 Å². The van der Waals surface area contributed by atoms with Crippen LogP contribution >= 0.6 is 0 Å². The highest BCUT2D eigenvalue weighted by Crippen LogP contribution is 2.39. The van der Waals surface area contributed by atoms with Crippen molar-refractivity contribution in [1.82, 2.24) is 0 Å². The predicted octanol–water partition coefficient (Wildman–Crippen LogP) is 8.94. The molecule has 0 bridgehead atoms. The summed E-state index contributed by atoms with van der Waals surface area (Å²) in [6.07, 6.45) is 17.3. The van der Waals surface area contributed by atoms with E-state index in [1.807, 2.05) is 7.11 Å². The lowest BCUT2D eigenvalue weighted by Gasteiger charge is -2.31. The minimum Gasteiger partial charge on any atom is -0.493 e. The van der Waals surface area contributed by atoms with Crippen LogP contribution in [0.4, 0.5) is 0 Å². The zero-order valence-electron chi connectivity index (χ0n) is 20.5. The third kappa shape index (κ3) is 7.66. The predicted molar refractivity (Wildman–Crippen MR) is 137 cm³/mol. The van der Waals surface area contributed by atoms with E-state index in [-0.39, 0.29) is 0 Å². The highest BCUT2D eigenvalue weighted by atomic mass is 16.5. The van der Waals surface area contributed by atoms with Crippen molar-refractivity contribution >= 4 is 0 Å². The number of ether oxygens (including phenoxy) is 2. The molecule has 176 valence electrons. The molecule has 1 aliphatic rings. The summed E-state index contributed by atoms with van der Waals surface area (Å²) < 4.78 is 12.2. The van der Waals surface area contributed by atoms with Crippen LogP contribution in [0.5, 0.6) is 5.75 Å². The van der Waals surface area contributed by atoms with Gasteiger partial charge in [0.1, 0.15) is 5.75 Å². The molecule has 3 rings (SSSR count). The molecule has 0 amide bonds. The molecule has 0 aliphatic heterocycles. The van der Waals surface area contributed by atoms with E-state index in [1.54, 1.807) is 0 Å². The average Bonchev–Trinajstić information content (AvgIpc) is 2.85. The van der Waals surface area contributed by atoms with Crippen molar-refractivity contribution in [2.45, 2.75) is 102 Å². The first kappa shape index (κ1) is 24.8. The average molecular weight is 437 g/mol. The molecule has 0 aromatic heterocycles. The maximum Gasteiger partial charge on any atom is 0.127 e. The highest BCUT2D eigenvalue weighted by Gasteiger charge is 2.27. The fourth-order valence-corrected chi connectivity index (χ4v) is 5.10. The summed E-state index contributed by atoms with van der Waals surface area (Å²) in [7, 11) is 1.86. The Bertz CT molecular complexity index is 755. The van der Waals surface area contributed by atoms with Gasteiger partial charge in [-0.15, -0.1) is 0 Å². The molecular formula is C30H44O2. The van der Waals surface area contributed by atoms with Gasteiger partial charge < -0.3 is 9.47 Å². The Morgan fingerprint density at radius 2 is 1.47 bits per heavy atom. The van der Waals surface area contributed by atoms with Crippen molar-refractivity contribution in [3.8, 4) is 16.9 Å². The van der Waals surface area contributed by atoms with Crippen molar-refractivity contribution in [3.63, 3.8) is 0 Å². The largest absolute Gasteiger partial charge is 0.493 e. The molecule has 0 saturated heterocycles. The zero-order chi connectivity index (χ0) is 22.4. The van der Waals surface area contributed by atoms with Crippen LogP contribution < -0.4 is 4.74 Å². The van der Waals surface area contributed by atoms with E-state index in [4.69, 9.17) is 9.47 Å². The third-order valence-corrected chi connectivity index (χ3v) is 7.03. The van der Waals surface area contributed by atoms with Crippen LogP contribution in [0.25, 0.3) is 11.1 Å². The van der Waals surface area contributed by atoms with E-state index in [9.17, 15) is 0 Å². The Balaban J connectivity index is 1.58. The van der Waals surface area contributed by atoms with Gasteiger partial charge in [-0.05, 0) is 36.5 Å². The molecule has 1 fully saturated rings. The van der Waals surface area contributed by atoms with Crippen LogP contribution in [0.1, 0.15) is 102 Å². The Kier molecular flexibility index (Phi) is 11.2. The third-order valence-electron chi connectivity index (χ3n) is 7.03. The van der Waals surface area contributed by atoms with E-state index in [0.717, 1.165) is 25.2 Å². The van der Waals surface area contributed by atoms with E-state index < -0.39 is 0 Å². The summed E-state index contributed by atoms with van der Waals surface area (Å²) in [4.78, 5) is 0. The molecule has 0 unspecified atom stereocenters. The van der Waals surface area contributed by atoms with Crippen molar-refractivity contribution in [2.75, 3.05) is 13.7 Å². The highest BCUT2D eigenvalue weighted by molar-refractivity contribution is 5.71. The van der Waals surface area contributed by atoms with E-state index in [2.05, 4.69) is 55.5 Å². The number of rotatable bonds is 14. The molecule has 2 nitrogen and oxygen atoms in total. The van der Waals surface area contributed by atoms with Crippen LogP contribution in [-0.2, 0) is 4.74 Å². The summed E-state index contributed by atoms with van der Waals surface area (Å²) in [5, 5.41) is 0. The summed E-state index contributed by atoms with van der Waals surface area (Å²) in [5.74, 6) is 1.52. The van der Waals surface area contributed by atoms with Gasteiger partial charge in [-0.2, -0.15) is 0 Å². The van der Waals surface area contributed by atoms with Gasteiger partial charge in [-0.25, -0.2) is 0 Å². The van der Waals surface area contributed by atoms with Gasteiger partial charge in [-0.3, -0.25) is 0 Å². The Hall–Kier alpha value is -1.80. The Labute approximate surface area is 196 Å². The lowest BCUT2D eigenvalue weighted by molar-refractivity contribution is 0.0523. The monoisotopic (exact) mass is 436 g/mol. The second kappa shape index (κ2) is 14.4. The quantitative estimate of drug-likeness (QED) is 0.275. The maximum atomic E-state index is 6.41. The second-order valence-electron chi connectivity index (χ2n) is 9.46. The summed E-state index contributed by atoms with van der Waals surface area (Å²) in [5.41, 5.74) is 3.81. The van der Waals surface area contributed by atoms with Gasteiger partial charge in [0.2, 0.25) is 0 Å². The Morgan fingerprint density at radius 3 is 2.19 bits per heavy atom. The molecule has 32 heavy (non-hydrogen) atoms. The summed E-state index contributed by atoms with van der Waals surface area (Å²) in [6, 6.07) is 17.5. The van der Waals surface area contributed by atoms with E-state index >= 15 is 0 Å². The lowest BCUT2D eigenvalue weighted by Crippen LogP contribution is -2.24. The molecular weight excluding hydrogens is 392 g/mol. The number of hydrogen-bond donors (Lipinski definition) is 0. The summed E-state index contributed by atoms with van der Waals surface area (Å²) in [6.45, 7) is 3.08. The van der Waals surface area contributed by atoms with Gasteiger partial charge in [0, 0.05) is 18.6 Å². The molecule has 1 aliphatic carbocycles. The van der Waals surface area contributed by atoms with E-state index in [1.165, 1.54) is 87.3 Å². The van der Waals surface area contributed by atoms with Crippen molar-refractivity contribution in [3.05, 3.63) is 54.1 Å². The van der Waals surface area contributed by atoms with Gasteiger partial charge in [0.25, 0.3) is 0 Å². The van der Waals surface area contributed by atoms with Crippen LogP contribution in [0, 0.1) is 0 Å². The maximum absolute atomic E-state index is 6.41. The van der Waals surface area contributed by atoms with Crippen LogP contribution in [-0.4, -0.2) is 19.8 Å². The van der Waals surface area contributed by atoms with Gasteiger partial charge in [0.15, 0.2) is 0 Å². The first-order valence-corrected chi connectivity index (χ1v) is 13.2. The van der Waals surface area contributed by atoms with Gasteiger partial charge in [0.05, 0.1) is 12.7 Å². The fourth-order valence-electron chi connectivity index (χ4n) is 5.10. The molecule has 2 heteroatoms. The molecule has 0 radical (unpaired) electrons. The van der Waals surface area contributed by atoms with Crippen LogP contribution in [0.3, 0.4) is 0 Å². The SMILES string of the molecule is CCCCCCCCCCCOc1cc([C@H]2CCCC[C@@H]2OC)ccc1-c1ccccc1. The Morgan fingerprint density at radius 1 is 0.781 bits per heavy atom. The van der Waals surface area contributed by atoms with Crippen molar-refractivity contribution in [1.29, 1.82) is 0 Å². The minimum atomic E-state index is 0.330. The molecule has 2 aromatic rings. The molecule has 0 spiro atoms. The lowest BCUT2D eigenvalue weighted by atomic mass is 9.81. The molecule has 2 atom stereocenters. The minimum absolute atomic E-state index is 0.330. The number of methoxy groups -OCH3 is 1. The first-order valence-electron chi connectivity index (χ1n) is 13.2. The van der Waals surface area contributed by atoms with Gasteiger partial charge >= 0.3 is 0 Å². The normalized spacial score (nSPS) is 18.6. The molecule has 0 N–H and O–H groups in total. The summed E-state index contributed by atoms with van der Waals surface area (Å²) >= 11 is 0. The molecule has 0 heterocycles. The standard InChI is InChI=1S/C30H44O2/c1-3-4-5-6-7-8-9-10-16-23-32-30-24-26(27-19-14-15-20-29(27)31-2)21-22-28(30)25-17-12-11-13-18-25/h11-13,17-18,21-22,24,27,29H,3-10,14-16,19-20,23H2,1-2H3/t27-,29+/m1/s1. The fraction of sp³-hybridized carbons (Fsp3) is 0.600. The van der Waals surface area contributed by atoms with Crippen molar-refractivity contribution in [2.24, 2.45) is 0 Å². The van der Waals surface area contributed by atoms with Gasteiger partial charge in [-0.1, -0.05) is 114 Å². The smallest absolute Gasteiger partial charge is 0.127 e. The second-order valence-corrected chi connectivity index (χ2v) is 9.46. The van der Waals surface area contributed by atoms with E-state index in [0.29, 0.717) is 12.0 Å². The number of unbranched alkanes of at least 4 members (excludes halogenated alkanes) is 8. The van der Waals surface area contributed by atoms with Crippen LogP contribution in [0.2, 0.25) is 0 Å². The van der Waals surface area contributed by atoms with Crippen molar-refractivity contribution < 1.29 is 9.47 Å². The first-order chi connectivity index (χ1) is 15.8. The molecule has 1 saturated carbocycles. The molecule has 2 aromatic carbocycles. The zero-order valence-corrected chi connectivity index (χ0v) is 20.5. The number of hydrogen-bond acceptors (Lipinski definition) is 2.